The zero-order chi connectivity index (χ0) is 7.72. The van der Waals surface area contributed by atoms with Gasteiger partial charge in [-0.1, -0.05) is 23.2 Å². The van der Waals surface area contributed by atoms with Crippen LogP contribution in [0, 0.1) is 0 Å². The van der Waals surface area contributed by atoms with E-state index in [2.05, 4.69) is 4.98 Å². The Bertz CT molecular complexity index is 249. The van der Waals surface area contributed by atoms with Gasteiger partial charge in [0.25, 0.3) is 0 Å². The Kier molecular flexibility index (Phi) is 1.87. The van der Waals surface area contributed by atoms with Gasteiger partial charge in [0.1, 0.15) is 5.15 Å². The molecule has 0 spiro atoms. The van der Waals surface area contributed by atoms with Crippen LogP contribution in [-0.4, -0.2) is 11.0 Å². The molecule has 0 radical (unpaired) electrons. The van der Waals surface area contributed by atoms with Crippen LogP contribution in [0.5, 0.6) is 0 Å². The number of hydrogen-bond acceptors (Lipinski definition) is 2. The number of rotatable bonds is 1. The lowest BCUT2D eigenvalue weighted by Crippen LogP contribution is -2.22. The molecule has 0 aliphatic heterocycles. The van der Waals surface area contributed by atoms with E-state index in [1.165, 1.54) is 6.07 Å². The zero-order valence-electron chi connectivity index (χ0n) is 4.65. The van der Waals surface area contributed by atoms with Crippen molar-refractivity contribution in [2.45, 2.75) is 0 Å². The van der Waals surface area contributed by atoms with Gasteiger partial charge < -0.3 is 14.9 Å². The summed E-state index contributed by atoms with van der Waals surface area (Å²) in [4.78, 5) is 12.4. The highest BCUT2D eigenvalue weighted by molar-refractivity contribution is 6.41. The van der Waals surface area contributed by atoms with Crippen molar-refractivity contribution < 1.29 is 9.90 Å². The van der Waals surface area contributed by atoms with E-state index in [0.717, 1.165) is 0 Å². The molecule has 0 bridgehead atoms. The van der Waals surface area contributed by atoms with Crippen LogP contribution in [0.15, 0.2) is 6.07 Å². The molecule has 1 N–H and O–H groups in total. The zero-order valence-corrected chi connectivity index (χ0v) is 6.16. The number of hydrogen-bond donors (Lipinski definition) is 1. The molecule has 0 unspecified atom stereocenters. The van der Waals surface area contributed by atoms with Gasteiger partial charge in [-0.3, -0.25) is 0 Å². The second kappa shape index (κ2) is 2.52. The minimum Gasteiger partial charge on any atom is -0.543 e. The molecule has 1 heterocycles. The summed E-state index contributed by atoms with van der Waals surface area (Å²) in [5, 5.41) is 10.4. The Balaban J connectivity index is 3.10. The first kappa shape index (κ1) is 7.44. The molecule has 0 amide bonds. The number of carboxylic acids is 1. The molecule has 0 aromatic carbocycles. The molecule has 0 aliphatic rings. The summed E-state index contributed by atoms with van der Waals surface area (Å²) in [6.45, 7) is 0. The summed E-state index contributed by atoms with van der Waals surface area (Å²) < 4.78 is 0. The Morgan fingerprint density at radius 1 is 1.60 bits per heavy atom. The van der Waals surface area contributed by atoms with E-state index in [4.69, 9.17) is 23.2 Å². The highest BCUT2D eigenvalue weighted by Gasteiger charge is 2.02. The number of H-pyrrole nitrogens is 1. The fourth-order valence-electron chi connectivity index (χ4n) is 0.514. The van der Waals surface area contributed by atoms with E-state index < -0.39 is 5.97 Å². The van der Waals surface area contributed by atoms with Crippen molar-refractivity contribution in [3.63, 3.8) is 0 Å². The van der Waals surface area contributed by atoms with Gasteiger partial charge in [-0.2, -0.15) is 0 Å². The lowest BCUT2D eigenvalue weighted by Gasteiger charge is -1.93. The van der Waals surface area contributed by atoms with E-state index in [-0.39, 0.29) is 15.9 Å². The van der Waals surface area contributed by atoms with Crippen molar-refractivity contribution in [2.75, 3.05) is 0 Å². The molecular formula is C5H2Cl2NO2-. The predicted molar refractivity (Wildman–Crippen MR) is 35.1 cm³/mol. The van der Waals surface area contributed by atoms with Gasteiger partial charge in [0, 0.05) is 0 Å². The lowest BCUT2D eigenvalue weighted by molar-refractivity contribution is -0.255. The minimum absolute atomic E-state index is 0.112. The molecule has 0 saturated heterocycles. The molecule has 10 heavy (non-hydrogen) atoms. The molecule has 0 aliphatic carbocycles. The van der Waals surface area contributed by atoms with Crippen LogP contribution in [0.2, 0.25) is 10.2 Å². The lowest BCUT2D eigenvalue weighted by atomic mass is 10.4. The van der Waals surface area contributed by atoms with Crippen LogP contribution >= 0.6 is 23.2 Å². The smallest absolute Gasteiger partial charge is 0.125 e. The fourth-order valence-corrected chi connectivity index (χ4v) is 0.827. The van der Waals surface area contributed by atoms with Crippen molar-refractivity contribution in [3.8, 4) is 0 Å². The van der Waals surface area contributed by atoms with Crippen molar-refractivity contribution >= 4 is 29.2 Å². The Morgan fingerprint density at radius 2 is 2.20 bits per heavy atom. The van der Waals surface area contributed by atoms with Crippen molar-refractivity contribution in [1.82, 2.24) is 4.98 Å². The van der Waals surface area contributed by atoms with Crippen molar-refractivity contribution in [1.29, 1.82) is 0 Å². The number of halogens is 2. The molecule has 54 valence electrons. The largest absolute Gasteiger partial charge is 0.543 e. The summed E-state index contributed by atoms with van der Waals surface area (Å²) in [5.41, 5.74) is -0.116. The first-order chi connectivity index (χ1) is 4.61. The maximum absolute atomic E-state index is 10.1. The normalized spacial score (nSPS) is 9.80. The molecule has 1 aromatic heterocycles. The Hall–Kier alpha value is -0.670. The number of carbonyl (C=O) groups is 1. The monoisotopic (exact) mass is 178 g/mol. The van der Waals surface area contributed by atoms with Gasteiger partial charge >= 0.3 is 0 Å². The third-order valence-corrected chi connectivity index (χ3v) is 1.64. The standard InChI is InChI=1S/C5H3Cl2NO2/c6-2-1-3(5(9)10)8-4(2)7/h1,8H,(H,9,10)/p-1. The van der Waals surface area contributed by atoms with E-state index in [1.54, 1.807) is 0 Å². The quantitative estimate of drug-likeness (QED) is 0.689. The van der Waals surface area contributed by atoms with E-state index in [0.29, 0.717) is 0 Å². The van der Waals surface area contributed by atoms with Gasteiger partial charge in [-0.25, -0.2) is 0 Å². The molecule has 0 fully saturated rings. The average molecular weight is 179 g/mol. The molecule has 0 saturated carbocycles. The Labute approximate surface area is 66.6 Å². The highest BCUT2D eigenvalue weighted by Crippen LogP contribution is 2.21. The summed E-state index contributed by atoms with van der Waals surface area (Å²) in [5.74, 6) is -1.33. The van der Waals surface area contributed by atoms with Crippen LogP contribution in [0.25, 0.3) is 0 Å². The third-order valence-electron chi connectivity index (χ3n) is 0.945. The van der Waals surface area contributed by atoms with Crippen LogP contribution in [0.4, 0.5) is 0 Å². The Morgan fingerprint density at radius 3 is 2.40 bits per heavy atom. The van der Waals surface area contributed by atoms with Crippen LogP contribution in [0.3, 0.4) is 0 Å². The summed E-state index contributed by atoms with van der Waals surface area (Å²) in [7, 11) is 0. The fraction of sp³-hybridized carbons (Fsp3) is 0. The maximum atomic E-state index is 10.1. The third kappa shape index (κ3) is 1.25. The number of nitrogens with one attached hydrogen (secondary N) is 1. The van der Waals surface area contributed by atoms with E-state index in [1.807, 2.05) is 0 Å². The molecule has 5 heteroatoms. The summed E-state index contributed by atoms with van der Waals surface area (Å²) >= 11 is 10.8. The first-order valence-corrected chi connectivity index (χ1v) is 3.12. The van der Waals surface area contributed by atoms with Crippen molar-refractivity contribution in [3.05, 3.63) is 21.9 Å². The molecule has 1 aromatic rings. The van der Waals surface area contributed by atoms with Gasteiger partial charge in [-0.05, 0) is 6.07 Å². The minimum atomic E-state index is -1.33. The van der Waals surface area contributed by atoms with Gasteiger partial charge in [0.05, 0.1) is 16.7 Å². The molecular weight excluding hydrogens is 177 g/mol. The highest BCUT2D eigenvalue weighted by atomic mass is 35.5. The first-order valence-electron chi connectivity index (χ1n) is 2.36. The van der Waals surface area contributed by atoms with E-state index in [9.17, 15) is 9.90 Å². The van der Waals surface area contributed by atoms with Crippen LogP contribution in [-0.2, 0) is 0 Å². The predicted octanol–water partition coefficient (Wildman–Crippen LogP) is 0.685. The van der Waals surface area contributed by atoms with Crippen LogP contribution in [0.1, 0.15) is 10.5 Å². The van der Waals surface area contributed by atoms with Gasteiger partial charge in [0.2, 0.25) is 0 Å². The summed E-state index contributed by atoms with van der Waals surface area (Å²) in [6.07, 6.45) is 0. The summed E-state index contributed by atoms with van der Waals surface area (Å²) in [6, 6.07) is 1.19. The molecule has 1 rings (SSSR count). The van der Waals surface area contributed by atoms with E-state index >= 15 is 0 Å². The molecule has 3 nitrogen and oxygen atoms in total. The number of aromatic carboxylic acids is 1. The molecule has 0 atom stereocenters. The number of aromatic amines is 1. The second-order valence-electron chi connectivity index (χ2n) is 1.63. The topological polar surface area (TPSA) is 55.9 Å². The average Bonchev–Trinajstić information content (AvgIpc) is 2.13. The van der Waals surface area contributed by atoms with Crippen molar-refractivity contribution in [2.24, 2.45) is 0 Å². The van der Waals surface area contributed by atoms with Gasteiger partial charge in [-0.15, -0.1) is 0 Å². The van der Waals surface area contributed by atoms with Gasteiger partial charge in [0.15, 0.2) is 0 Å². The number of carbonyl (C=O) groups excluding carboxylic acids is 1. The SMILES string of the molecule is O=C([O-])c1cc(Cl)c(Cl)[nH]1. The number of carboxylic acid groups (broad SMARTS) is 1. The van der Waals surface area contributed by atoms with Crippen LogP contribution < -0.4 is 5.11 Å². The maximum Gasteiger partial charge on any atom is 0.125 e. The number of aromatic nitrogens is 1. The second-order valence-corrected chi connectivity index (χ2v) is 2.42.